The average molecular weight is 405 g/mol. The minimum absolute atomic E-state index is 0.132. The van der Waals surface area contributed by atoms with E-state index in [1.165, 1.54) is 6.21 Å². The Morgan fingerprint density at radius 3 is 2.28 bits per heavy atom. The lowest BCUT2D eigenvalue weighted by Crippen LogP contribution is -2.20. The van der Waals surface area contributed by atoms with Crippen LogP contribution in [0.3, 0.4) is 0 Å². The van der Waals surface area contributed by atoms with Crippen LogP contribution in [0.4, 0.5) is 0 Å². The van der Waals surface area contributed by atoms with Crippen LogP contribution in [0.15, 0.2) is 84.0 Å². The fourth-order valence-corrected chi connectivity index (χ4v) is 3.41. The maximum atomic E-state index is 12.0. The number of hydrazone groups is 1. The third-order valence-corrected chi connectivity index (χ3v) is 5.07. The van der Waals surface area contributed by atoms with E-state index in [-0.39, 0.29) is 5.75 Å². The third kappa shape index (κ3) is 6.48. The molecule has 0 amide bonds. The van der Waals surface area contributed by atoms with Crippen molar-refractivity contribution in [1.82, 2.24) is 4.83 Å². The maximum Gasteiger partial charge on any atom is 0.251 e. The molecule has 0 radical (unpaired) electrons. The maximum absolute atomic E-state index is 12.0. The molecule has 29 heavy (non-hydrogen) atoms. The fraction of sp³-hybridized carbons (Fsp3) is 0.0909. The van der Waals surface area contributed by atoms with Crippen molar-refractivity contribution < 1.29 is 13.2 Å². The Kier molecular flexibility index (Phi) is 6.61. The largest absolute Gasteiger partial charge is 0.489 e. The number of benzene rings is 3. The molecule has 3 aromatic carbocycles. The van der Waals surface area contributed by atoms with Crippen LogP contribution in [-0.2, 0) is 22.4 Å². The summed E-state index contributed by atoms with van der Waals surface area (Å²) < 4.78 is 29.8. The first-order valence-electron chi connectivity index (χ1n) is 8.82. The van der Waals surface area contributed by atoms with Crippen LogP contribution < -0.4 is 9.57 Å². The van der Waals surface area contributed by atoms with Gasteiger partial charge in [-0.25, -0.2) is 13.2 Å². The molecule has 0 aliphatic heterocycles. The molecule has 0 atom stereocenters. The van der Waals surface area contributed by atoms with Gasteiger partial charge in [0.1, 0.15) is 12.4 Å². The van der Waals surface area contributed by atoms with Crippen molar-refractivity contribution in [1.29, 1.82) is 5.26 Å². The molecule has 0 aromatic heterocycles. The summed E-state index contributed by atoms with van der Waals surface area (Å²) in [6.07, 6.45) is 1.44. The average Bonchev–Trinajstić information content (AvgIpc) is 2.74. The zero-order valence-electron chi connectivity index (χ0n) is 15.5. The second-order valence-corrected chi connectivity index (χ2v) is 7.96. The number of ether oxygens (including phenoxy) is 1. The summed E-state index contributed by atoms with van der Waals surface area (Å²) in [5, 5.41) is 12.6. The highest BCUT2D eigenvalue weighted by Crippen LogP contribution is 2.14. The van der Waals surface area contributed by atoms with Gasteiger partial charge in [0, 0.05) is 0 Å². The van der Waals surface area contributed by atoms with E-state index in [2.05, 4.69) is 16.0 Å². The second kappa shape index (κ2) is 9.53. The molecule has 7 heteroatoms. The van der Waals surface area contributed by atoms with Gasteiger partial charge in [-0.15, -0.1) is 0 Å². The molecule has 0 saturated heterocycles. The summed E-state index contributed by atoms with van der Waals surface area (Å²) in [4.78, 5) is 2.21. The first-order chi connectivity index (χ1) is 14.0. The molecule has 3 rings (SSSR count). The molecule has 0 heterocycles. The second-order valence-electron chi connectivity index (χ2n) is 6.26. The van der Waals surface area contributed by atoms with Crippen LogP contribution in [-0.4, -0.2) is 14.6 Å². The van der Waals surface area contributed by atoms with Gasteiger partial charge >= 0.3 is 0 Å². The van der Waals surface area contributed by atoms with Gasteiger partial charge in [0.15, 0.2) is 0 Å². The van der Waals surface area contributed by atoms with E-state index in [1.807, 2.05) is 18.2 Å². The highest BCUT2D eigenvalue weighted by atomic mass is 32.2. The fourth-order valence-electron chi connectivity index (χ4n) is 2.50. The normalized spacial score (nSPS) is 11.1. The van der Waals surface area contributed by atoms with Gasteiger partial charge in [-0.05, 0) is 53.1 Å². The number of hydrogen-bond acceptors (Lipinski definition) is 5. The number of sulfonamides is 1. The van der Waals surface area contributed by atoms with Crippen LogP contribution >= 0.6 is 0 Å². The SMILES string of the molecule is N#Cc1ccc(COc2ccc(/C=N\NS(=O)(=O)Cc3ccccc3)cc2)cc1. The molecule has 3 aromatic rings. The molecule has 0 unspecified atom stereocenters. The zero-order valence-corrected chi connectivity index (χ0v) is 16.3. The van der Waals surface area contributed by atoms with Gasteiger partial charge in [-0.2, -0.15) is 10.4 Å². The Bertz CT molecular complexity index is 1100. The van der Waals surface area contributed by atoms with Crippen molar-refractivity contribution in [2.45, 2.75) is 12.4 Å². The predicted octanol–water partition coefficient (Wildman–Crippen LogP) is 3.59. The summed E-state index contributed by atoms with van der Waals surface area (Å²) in [6, 6.07) is 25.3. The van der Waals surface area contributed by atoms with Crippen molar-refractivity contribution in [2.75, 3.05) is 0 Å². The Balaban J connectivity index is 1.51. The van der Waals surface area contributed by atoms with Gasteiger partial charge in [-0.3, -0.25) is 0 Å². The summed E-state index contributed by atoms with van der Waals surface area (Å²) in [6.45, 7) is 0.387. The smallest absolute Gasteiger partial charge is 0.251 e. The summed E-state index contributed by atoms with van der Waals surface area (Å²) >= 11 is 0. The van der Waals surface area contributed by atoms with Gasteiger partial charge in [-0.1, -0.05) is 42.5 Å². The van der Waals surface area contributed by atoms with Crippen molar-refractivity contribution in [3.8, 4) is 11.8 Å². The van der Waals surface area contributed by atoms with Gasteiger partial charge in [0.25, 0.3) is 10.0 Å². The Hall–Kier alpha value is -3.63. The van der Waals surface area contributed by atoms with Crippen molar-refractivity contribution in [3.05, 3.63) is 101 Å². The molecule has 146 valence electrons. The summed E-state index contributed by atoms with van der Waals surface area (Å²) in [5.74, 6) is 0.545. The number of nitrogens with one attached hydrogen (secondary N) is 1. The number of nitrogens with zero attached hydrogens (tertiary/aromatic N) is 2. The number of nitriles is 1. The lowest BCUT2D eigenvalue weighted by Gasteiger charge is -2.06. The Labute approximate surface area is 170 Å². The van der Waals surface area contributed by atoms with E-state index < -0.39 is 10.0 Å². The van der Waals surface area contributed by atoms with Crippen LogP contribution in [0.5, 0.6) is 5.75 Å². The Morgan fingerprint density at radius 2 is 1.62 bits per heavy atom. The van der Waals surface area contributed by atoms with Crippen LogP contribution in [0.2, 0.25) is 0 Å². The molecular formula is C22H19N3O3S. The molecule has 6 nitrogen and oxygen atoms in total. The van der Waals surface area contributed by atoms with Crippen molar-refractivity contribution in [2.24, 2.45) is 5.10 Å². The van der Waals surface area contributed by atoms with Crippen LogP contribution in [0, 0.1) is 11.3 Å². The standard InChI is InChI=1S/C22H19N3O3S/c23-14-18-6-8-20(9-7-18)16-28-22-12-10-19(11-13-22)15-24-25-29(26,27)17-21-4-2-1-3-5-21/h1-13,15,25H,16-17H2/b24-15-. The quantitative estimate of drug-likeness (QED) is 0.458. The molecule has 1 N–H and O–H groups in total. The van der Waals surface area contributed by atoms with Gasteiger partial charge < -0.3 is 4.74 Å². The van der Waals surface area contributed by atoms with E-state index >= 15 is 0 Å². The summed E-state index contributed by atoms with van der Waals surface area (Å²) in [7, 11) is -3.55. The minimum Gasteiger partial charge on any atom is -0.489 e. The molecule has 0 fully saturated rings. The summed E-state index contributed by atoms with van der Waals surface area (Å²) in [5.41, 5.74) is 3.00. The van der Waals surface area contributed by atoms with Gasteiger partial charge in [0.05, 0.1) is 23.6 Å². The van der Waals surface area contributed by atoms with Crippen LogP contribution in [0.1, 0.15) is 22.3 Å². The number of hydrogen-bond donors (Lipinski definition) is 1. The highest BCUT2D eigenvalue weighted by Gasteiger charge is 2.09. The zero-order chi connectivity index (χ0) is 20.5. The van der Waals surface area contributed by atoms with E-state index in [1.54, 1.807) is 60.7 Å². The van der Waals surface area contributed by atoms with E-state index in [0.717, 1.165) is 11.1 Å². The van der Waals surface area contributed by atoms with Gasteiger partial charge in [0.2, 0.25) is 0 Å². The molecule has 0 saturated carbocycles. The first-order valence-corrected chi connectivity index (χ1v) is 10.5. The van der Waals surface area contributed by atoms with E-state index in [4.69, 9.17) is 10.00 Å². The Morgan fingerprint density at radius 1 is 0.931 bits per heavy atom. The third-order valence-electron chi connectivity index (χ3n) is 3.97. The molecule has 0 bridgehead atoms. The van der Waals surface area contributed by atoms with E-state index in [0.29, 0.717) is 23.5 Å². The van der Waals surface area contributed by atoms with Crippen molar-refractivity contribution >= 4 is 16.2 Å². The highest BCUT2D eigenvalue weighted by molar-refractivity contribution is 7.88. The topological polar surface area (TPSA) is 91.5 Å². The molecular weight excluding hydrogens is 386 g/mol. The first kappa shape index (κ1) is 20.1. The van der Waals surface area contributed by atoms with Crippen LogP contribution in [0.25, 0.3) is 0 Å². The predicted molar refractivity (Wildman–Crippen MR) is 112 cm³/mol. The van der Waals surface area contributed by atoms with Crippen molar-refractivity contribution in [3.63, 3.8) is 0 Å². The lowest BCUT2D eigenvalue weighted by molar-refractivity contribution is 0.306. The molecule has 0 spiro atoms. The lowest BCUT2D eigenvalue weighted by atomic mass is 10.1. The number of rotatable bonds is 8. The molecule has 0 aliphatic carbocycles. The molecule has 0 aliphatic rings. The van der Waals surface area contributed by atoms with E-state index in [9.17, 15) is 8.42 Å². The minimum atomic E-state index is -3.55. The monoisotopic (exact) mass is 405 g/mol.